The van der Waals surface area contributed by atoms with Crippen LogP contribution in [0.25, 0.3) is 0 Å². The molecular formula is C10H13N3O. The predicted octanol–water partition coefficient (Wildman–Crippen LogP) is 1.73. The van der Waals surface area contributed by atoms with Crippen LogP contribution in [-0.4, -0.2) is 14.7 Å². The van der Waals surface area contributed by atoms with Crippen molar-refractivity contribution in [3.8, 4) is 0 Å². The van der Waals surface area contributed by atoms with Crippen molar-refractivity contribution in [2.24, 2.45) is 0 Å². The molecule has 4 nitrogen and oxygen atoms in total. The van der Waals surface area contributed by atoms with E-state index in [1.807, 2.05) is 0 Å². The fourth-order valence-corrected chi connectivity index (χ4v) is 1.57. The second kappa shape index (κ2) is 3.65. The summed E-state index contributed by atoms with van der Waals surface area (Å²) >= 11 is 0. The third kappa shape index (κ3) is 1.69. The van der Waals surface area contributed by atoms with Crippen LogP contribution in [0.15, 0.2) is 23.0 Å². The highest BCUT2D eigenvalue weighted by atomic mass is 16.5. The SMILES string of the molecule is Cc1ccc(C)n1CCc1ncon1. The Bertz CT molecular complexity index is 383. The molecule has 2 rings (SSSR count). The molecule has 0 aliphatic rings. The van der Waals surface area contributed by atoms with E-state index in [0.717, 1.165) is 18.8 Å². The molecule has 0 saturated heterocycles. The molecule has 0 spiro atoms. The lowest BCUT2D eigenvalue weighted by Crippen LogP contribution is -2.05. The summed E-state index contributed by atoms with van der Waals surface area (Å²) in [6.07, 6.45) is 2.18. The van der Waals surface area contributed by atoms with Gasteiger partial charge in [-0.15, -0.1) is 0 Å². The van der Waals surface area contributed by atoms with Gasteiger partial charge in [0.1, 0.15) is 0 Å². The van der Waals surface area contributed by atoms with Crippen molar-refractivity contribution in [3.63, 3.8) is 0 Å². The minimum absolute atomic E-state index is 0.762. The first-order valence-electron chi connectivity index (χ1n) is 4.65. The molecule has 0 amide bonds. The highest BCUT2D eigenvalue weighted by Crippen LogP contribution is 2.07. The maximum absolute atomic E-state index is 4.67. The third-order valence-electron chi connectivity index (χ3n) is 2.38. The number of hydrogen-bond acceptors (Lipinski definition) is 3. The summed E-state index contributed by atoms with van der Waals surface area (Å²) in [5, 5.41) is 3.78. The Balaban J connectivity index is 2.05. The van der Waals surface area contributed by atoms with E-state index < -0.39 is 0 Å². The highest BCUT2D eigenvalue weighted by molar-refractivity contribution is 5.13. The average molecular weight is 191 g/mol. The van der Waals surface area contributed by atoms with Gasteiger partial charge in [-0.1, -0.05) is 5.16 Å². The molecule has 0 fully saturated rings. The highest BCUT2D eigenvalue weighted by Gasteiger charge is 2.03. The fraction of sp³-hybridized carbons (Fsp3) is 0.400. The van der Waals surface area contributed by atoms with Gasteiger partial charge in [0.15, 0.2) is 5.82 Å². The van der Waals surface area contributed by atoms with Gasteiger partial charge in [-0.25, -0.2) is 0 Å². The van der Waals surface area contributed by atoms with E-state index in [0.29, 0.717) is 0 Å². The van der Waals surface area contributed by atoms with Crippen LogP contribution in [0.1, 0.15) is 17.2 Å². The van der Waals surface area contributed by atoms with Crippen molar-refractivity contribution >= 4 is 0 Å². The first-order chi connectivity index (χ1) is 6.77. The van der Waals surface area contributed by atoms with Gasteiger partial charge in [-0.3, -0.25) is 0 Å². The van der Waals surface area contributed by atoms with E-state index >= 15 is 0 Å². The Kier molecular flexibility index (Phi) is 2.35. The van der Waals surface area contributed by atoms with Crippen LogP contribution >= 0.6 is 0 Å². The number of hydrogen-bond donors (Lipinski definition) is 0. The average Bonchev–Trinajstić information content (AvgIpc) is 2.76. The van der Waals surface area contributed by atoms with Crippen LogP contribution in [0.2, 0.25) is 0 Å². The molecule has 0 radical (unpaired) electrons. The summed E-state index contributed by atoms with van der Waals surface area (Å²) in [5.41, 5.74) is 2.54. The minimum Gasteiger partial charge on any atom is -0.349 e. The Labute approximate surface area is 82.6 Å². The van der Waals surface area contributed by atoms with Crippen LogP contribution in [-0.2, 0) is 13.0 Å². The Hall–Kier alpha value is -1.58. The van der Waals surface area contributed by atoms with E-state index in [1.165, 1.54) is 17.8 Å². The molecule has 0 aliphatic carbocycles. The summed E-state index contributed by atoms with van der Waals surface area (Å²) in [6.45, 7) is 5.11. The van der Waals surface area contributed by atoms with Crippen LogP contribution in [0, 0.1) is 13.8 Å². The van der Waals surface area contributed by atoms with Crippen molar-refractivity contribution in [3.05, 3.63) is 35.7 Å². The zero-order valence-electron chi connectivity index (χ0n) is 8.40. The van der Waals surface area contributed by atoms with Crippen molar-refractivity contribution in [2.45, 2.75) is 26.8 Å². The van der Waals surface area contributed by atoms with E-state index in [2.05, 4.69) is 45.2 Å². The Morgan fingerprint density at radius 1 is 1.29 bits per heavy atom. The molecule has 0 saturated carbocycles. The van der Waals surface area contributed by atoms with E-state index in [4.69, 9.17) is 0 Å². The third-order valence-corrected chi connectivity index (χ3v) is 2.38. The summed E-state index contributed by atoms with van der Waals surface area (Å²) in [6, 6.07) is 4.23. The molecule has 2 heterocycles. The van der Waals surface area contributed by atoms with Crippen molar-refractivity contribution in [2.75, 3.05) is 0 Å². The molecule has 0 N–H and O–H groups in total. The van der Waals surface area contributed by atoms with Gasteiger partial charge in [0, 0.05) is 24.4 Å². The van der Waals surface area contributed by atoms with Gasteiger partial charge in [0.05, 0.1) is 0 Å². The molecule has 2 aromatic heterocycles. The zero-order chi connectivity index (χ0) is 9.97. The fourth-order valence-electron chi connectivity index (χ4n) is 1.57. The summed E-state index contributed by atoms with van der Waals surface area (Å²) in [7, 11) is 0. The smallest absolute Gasteiger partial charge is 0.213 e. The normalized spacial score (nSPS) is 10.7. The van der Waals surface area contributed by atoms with Gasteiger partial charge < -0.3 is 9.09 Å². The van der Waals surface area contributed by atoms with Crippen molar-refractivity contribution < 1.29 is 4.52 Å². The standard InChI is InChI=1S/C10H13N3O/c1-8-3-4-9(2)13(8)6-5-10-11-7-14-12-10/h3-4,7H,5-6H2,1-2H3. The van der Waals surface area contributed by atoms with Gasteiger partial charge >= 0.3 is 0 Å². The second-order valence-corrected chi connectivity index (χ2v) is 3.37. The molecule has 4 heteroatoms. The summed E-state index contributed by atoms with van der Waals surface area (Å²) < 4.78 is 6.92. The first kappa shape index (κ1) is 8.99. The molecule has 14 heavy (non-hydrogen) atoms. The number of nitrogens with zero attached hydrogens (tertiary/aromatic N) is 3. The zero-order valence-corrected chi connectivity index (χ0v) is 8.40. The molecular weight excluding hydrogens is 178 g/mol. The molecule has 0 aromatic carbocycles. The molecule has 0 bridgehead atoms. The van der Waals surface area contributed by atoms with Gasteiger partial charge in [0.25, 0.3) is 0 Å². The predicted molar refractivity (Wildman–Crippen MR) is 51.9 cm³/mol. The summed E-state index contributed by atoms with van der Waals surface area (Å²) in [5.74, 6) is 0.762. The lowest BCUT2D eigenvalue weighted by molar-refractivity contribution is 0.408. The van der Waals surface area contributed by atoms with Crippen LogP contribution < -0.4 is 0 Å². The van der Waals surface area contributed by atoms with E-state index in [9.17, 15) is 0 Å². The summed E-state index contributed by atoms with van der Waals surface area (Å²) in [4.78, 5) is 3.98. The second-order valence-electron chi connectivity index (χ2n) is 3.37. The van der Waals surface area contributed by atoms with Gasteiger partial charge in [-0.2, -0.15) is 4.98 Å². The quantitative estimate of drug-likeness (QED) is 0.742. The van der Waals surface area contributed by atoms with Crippen LogP contribution in [0.3, 0.4) is 0 Å². The van der Waals surface area contributed by atoms with Crippen LogP contribution in [0.5, 0.6) is 0 Å². The van der Waals surface area contributed by atoms with Crippen molar-refractivity contribution in [1.29, 1.82) is 0 Å². The minimum atomic E-state index is 0.762. The van der Waals surface area contributed by atoms with E-state index in [-0.39, 0.29) is 0 Å². The Morgan fingerprint density at radius 3 is 2.57 bits per heavy atom. The monoisotopic (exact) mass is 191 g/mol. The molecule has 74 valence electrons. The first-order valence-corrected chi connectivity index (χ1v) is 4.65. The molecule has 0 aliphatic heterocycles. The lowest BCUT2D eigenvalue weighted by atomic mass is 10.4. The van der Waals surface area contributed by atoms with Gasteiger partial charge in [0.2, 0.25) is 6.39 Å². The lowest BCUT2D eigenvalue weighted by Gasteiger charge is -2.06. The molecule has 0 atom stereocenters. The van der Waals surface area contributed by atoms with Crippen LogP contribution in [0.4, 0.5) is 0 Å². The topological polar surface area (TPSA) is 43.9 Å². The van der Waals surface area contributed by atoms with Gasteiger partial charge in [-0.05, 0) is 26.0 Å². The number of rotatable bonds is 3. The maximum atomic E-state index is 4.67. The number of aromatic nitrogens is 3. The Morgan fingerprint density at radius 2 is 2.00 bits per heavy atom. The number of aryl methyl sites for hydroxylation is 3. The molecule has 2 aromatic rings. The van der Waals surface area contributed by atoms with E-state index in [1.54, 1.807) is 0 Å². The molecule has 0 unspecified atom stereocenters. The van der Waals surface area contributed by atoms with Crippen molar-refractivity contribution in [1.82, 2.24) is 14.7 Å². The largest absolute Gasteiger partial charge is 0.349 e. The maximum Gasteiger partial charge on any atom is 0.213 e.